The van der Waals surface area contributed by atoms with Gasteiger partial charge < -0.3 is 14.9 Å². The highest BCUT2D eigenvalue weighted by molar-refractivity contribution is 5.98. The molecule has 5 rings (SSSR count). The van der Waals surface area contributed by atoms with Crippen LogP contribution in [-0.2, 0) is 0 Å². The number of rotatable bonds is 5. The smallest absolute Gasteiger partial charge is 0.137 e. The van der Waals surface area contributed by atoms with Gasteiger partial charge in [0, 0.05) is 34.2 Å². The highest BCUT2D eigenvalue weighted by atomic mass is 15.1. The van der Waals surface area contributed by atoms with Crippen molar-refractivity contribution in [3.63, 3.8) is 0 Å². The van der Waals surface area contributed by atoms with Gasteiger partial charge in [0.2, 0.25) is 0 Å². The van der Waals surface area contributed by atoms with Crippen molar-refractivity contribution < 1.29 is 0 Å². The summed E-state index contributed by atoms with van der Waals surface area (Å²) < 4.78 is 0. The average molecular weight is 387 g/mol. The molecule has 150 valence electrons. The number of aryl methyl sites for hydroxylation is 1. The van der Waals surface area contributed by atoms with Crippen LogP contribution < -0.4 is 0 Å². The van der Waals surface area contributed by atoms with Gasteiger partial charge in [0.15, 0.2) is 0 Å². The molecule has 4 nitrogen and oxygen atoms in total. The zero-order valence-corrected chi connectivity index (χ0v) is 17.5. The molecule has 0 amide bonds. The molecule has 4 heterocycles. The van der Waals surface area contributed by atoms with E-state index in [4.69, 9.17) is 0 Å². The Labute approximate surface area is 172 Å². The Morgan fingerprint density at radius 2 is 1.97 bits per heavy atom. The van der Waals surface area contributed by atoms with Crippen LogP contribution in [0.1, 0.15) is 49.7 Å². The van der Waals surface area contributed by atoms with E-state index in [1.165, 1.54) is 84.0 Å². The summed E-state index contributed by atoms with van der Waals surface area (Å²) in [6.07, 6.45) is 9.02. The Morgan fingerprint density at radius 3 is 2.79 bits per heavy atom. The van der Waals surface area contributed by atoms with Gasteiger partial charge in [-0.05, 0) is 87.1 Å². The third kappa shape index (κ3) is 3.36. The lowest BCUT2D eigenvalue weighted by atomic mass is 9.88. The van der Waals surface area contributed by atoms with Crippen molar-refractivity contribution in [1.82, 2.24) is 19.9 Å². The molecule has 1 saturated heterocycles. The molecule has 0 aliphatic carbocycles. The first-order chi connectivity index (χ1) is 14.2. The van der Waals surface area contributed by atoms with Crippen LogP contribution in [0.25, 0.3) is 33.2 Å². The maximum absolute atomic E-state index is 4.44. The second-order valence-electron chi connectivity index (χ2n) is 8.50. The average Bonchev–Trinajstić information content (AvgIpc) is 3.37. The maximum Gasteiger partial charge on any atom is 0.137 e. The predicted octanol–water partition coefficient (Wildman–Crippen LogP) is 6.00. The van der Waals surface area contributed by atoms with Crippen LogP contribution in [0.3, 0.4) is 0 Å². The zero-order valence-electron chi connectivity index (χ0n) is 17.5. The standard InChI is InChI=1S/C25H30N4/c1-3-4-13-29-14-9-18(10-15-29)19-5-6-23-22(16-19)17(2)24(28-23)20-7-11-26-25-21(20)8-12-27-25/h5-8,11-12,16,18,28H,3-4,9-10,13-15H2,1-2H3,(H,26,27). The van der Waals surface area contributed by atoms with Gasteiger partial charge in [-0.2, -0.15) is 0 Å². The van der Waals surface area contributed by atoms with Crippen molar-refractivity contribution in [2.75, 3.05) is 19.6 Å². The number of nitrogens with one attached hydrogen (secondary N) is 2. The van der Waals surface area contributed by atoms with Gasteiger partial charge in [0.1, 0.15) is 5.65 Å². The van der Waals surface area contributed by atoms with Crippen LogP contribution in [0.15, 0.2) is 42.7 Å². The fourth-order valence-corrected chi connectivity index (χ4v) is 4.92. The van der Waals surface area contributed by atoms with Crippen LogP contribution in [-0.4, -0.2) is 39.5 Å². The zero-order chi connectivity index (χ0) is 19.8. The van der Waals surface area contributed by atoms with E-state index in [9.17, 15) is 0 Å². The number of benzene rings is 1. The minimum atomic E-state index is 0.687. The third-order valence-corrected chi connectivity index (χ3v) is 6.70. The highest BCUT2D eigenvalue weighted by Gasteiger charge is 2.21. The second-order valence-corrected chi connectivity index (χ2v) is 8.50. The van der Waals surface area contributed by atoms with Crippen LogP contribution >= 0.6 is 0 Å². The molecule has 0 spiro atoms. The van der Waals surface area contributed by atoms with Gasteiger partial charge in [-0.1, -0.05) is 19.4 Å². The minimum Gasteiger partial charge on any atom is -0.354 e. The van der Waals surface area contributed by atoms with Crippen molar-refractivity contribution in [2.24, 2.45) is 0 Å². The quantitative estimate of drug-likeness (QED) is 0.442. The fraction of sp³-hybridized carbons (Fsp3) is 0.400. The van der Waals surface area contributed by atoms with E-state index in [1.807, 2.05) is 12.4 Å². The van der Waals surface area contributed by atoms with Gasteiger partial charge in [0.05, 0.1) is 5.69 Å². The Balaban J connectivity index is 1.45. The summed E-state index contributed by atoms with van der Waals surface area (Å²) in [4.78, 5) is 14.0. The van der Waals surface area contributed by atoms with Crippen molar-refractivity contribution in [3.8, 4) is 11.3 Å². The topological polar surface area (TPSA) is 47.7 Å². The molecule has 0 bridgehead atoms. The summed E-state index contributed by atoms with van der Waals surface area (Å²) in [5.41, 5.74) is 7.42. The minimum absolute atomic E-state index is 0.687. The van der Waals surface area contributed by atoms with Gasteiger partial charge in [0.25, 0.3) is 0 Å². The van der Waals surface area contributed by atoms with E-state index in [0.717, 1.165) is 5.65 Å². The molecule has 29 heavy (non-hydrogen) atoms. The predicted molar refractivity (Wildman–Crippen MR) is 121 cm³/mol. The number of hydrogen-bond donors (Lipinski definition) is 2. The first-order valence-corrected chi connectivity index (χ1v) is 11.0. The molecule has 1 aromatic carbocycles. The van der Waals surface area contributed by atoms with Crippen LogP contribution in [0.4, 0.5) is 0 Å². The van der Waals surface area contributed by atoms with E-state index < -0.39 is 0 Å². The normalized spacial score (nSPS) is 16.2. The van der Waals surface area contributed by atoms with E-state index in [0.29, 0.717) is 5.92 Å². The van der Waals surface area contributed by atoms with Crippen molar-refractivity contribution >= 4 is 21.9 Å². The van der Waals surface area contributed by atoms with Gasteiger partial charge >= 0.3 is 0 Å². The largest absolute Gasteiger partial charge is 0.354 e. The first kappa shape index (κ1) is 18.4. The molecule has 1 aliphatic rings. The number of aromatic nitrogens is 3. The van der Waals surface area contributed by atoms with Gasteiger partial charge in [-0.15, -0.1) is 0 Å². The molecule has 0 saturated carbocycles. The molecule has 0 unspecified atom stereocenters. The lowest BCUT2D eigenvalue weighted by Crippen LogP contribution is -2.33. The van der Waals surface area contributed by atoms with Crippen molar-refractivity contribution in [3.05, 3.63) is 53.9 Å². The maximum atomic E-state index is 4.44. The number of piperidine rings is 1. The summed E-state index contributed by atoms with van der Waals surface area (Å²) in [5.74, 6) is 0.687. The molecule has 1 aliphatic heterocycles. The Bertz CT molecular complexity index is 1130. The number of fused-ring (bicyclic) bond motifs is 2. The number of pyridine rings is 1. The summed E-state index contributed by atoms with van der Waals surface area (Å²) in [6.45, 7) is 8.26. The molecule has 0 atom stereocenters. The van der Waals surface area contributed by atoms with Crippen molar-refractivity contribution in [1.29, 1.82) is 0 Å². The lowest BCUT2D eigenvalue weighted by molar-refractivity contribution is 0.210. The second kappa shape index (κ2) is 7.68. The number of H-pyrrole nitrogens is 2. The number of nitrogens with zero attached hydrogens (tertiary/aromatic N) is 2. The Kier molecular flexibility index (Phi) is 4.88. The van der Waals surface area contributed by atoms with Crippen LogP contribution in [0.2, 0.25) is 0 Å². The van der Waals surface area contributed by atoms with E-state index in [-0.39, 0.29) is 0 Å². The monoisotopic (exact) mass is 386 g/mol. The first-order valence-electron chi connectivity index (χ1n) is 11.0. The van der Waals surface area contributed by atoms with Gasteiger partial charge in [-0.25, -0.2) is 4.98 Å². The van der Waals surface area contributed by atoms with E-state index >= 15 is 0 Å². The molecule has 2 N–H and O–H groups in total. The van der Waals surface area contributed by atoms with Crippen LogP contribution in [0.5, 0.6) is 0 Å². The summed E-state index contributed by atoms with van der Waals surface area (Å²) >= 11 is 0. The fourth-order valence-electron chi connectivity index (χ4n) is 4.92. The molecule has 3 aromatic heterocycles. The number of hydrogen-bond acceptors (Lipinski definition) is 2. The molecular weight excluding hydrogens is 356 g/mol. The van der Waals surface area contributed by atoms with Crippen LogP contribution in [0, 0.1) is 6.92 Å². The summed E-state index contributed by atoms with van der Waals surface area (Å²) in [5, 5.41) is 2.52. The SMILES string of the molecule is CCCCN1CCC(c2ccc3[nH]c(-c4ccnc5[nH]ccc45)c(C)c3c2)CC1. The van der Waals surface area contributed by atoms with Gasteiger partial charge in [-0.3, -0.25) is 0 Å². The molecule has 4 heteroatoms. The number of likely N-dealkylation sites (tertiary alicyclic amines) is 1. The lowest BCUT2D eigenvalue weighted by Gasteiger charge is -2.32. The molecule has 0 radical (unpaired) electrons. The number of aromatic amines is 2. The Hall–Kier alpha value is -2.59. The molecule has 4 aromatic rings. The van der Waals surface area contributed by atoms with E-state index in [2.05, 4.69) is 64.0 Å². The van der Waals surface area contributed by atoms with E-state index in [1.54, 1.807) is 0 Å². The Morgan fingerprint density at radius 1 is 1.10 bits per heavy atom. The molecular formula is C25H30N4. The third-order valence-electron chi connectivity index (χ3n) is 6.70. The van der Waals surface area contributed by atoms with Crippen molar-refractivity contribution in [2.45, 2.75) is 45.4 Å². The summed E-state index contributed by atoms with van der Waals surface area (Å²) in [6, 6.07) is 11.3. The highest BCUT2D eigenvalue weighted by Crippen LogP contribution is 2.36. The summed E-state index contributed by atoms with van der Waals surface area (Å²) in [7, 11) is 0. The number of unbranched alkanes of at least 4 members (excludes halogenated alkanes) is 1. The molecule has 1 fully saturated rings.